The number of benzene rings is 7. The molecule has 0 amide bonds. The normalized spacial score (nSPS) is 11.6. The van der Waals surface area contributed by atoms with Crippen molar-refractivity contribution in [1.82, 2.24) is 19.1 Å². The molecule has 0 unspecified atom stereocenters. The summed E-state index contributed by atoms with van der Waals surface area (Å²) >= 11 is 0. The number of nitrogens with zero attached hydrogens (tertiary/aromatic N) is 4. The molecule has 4 heteroatoms. The highest BCUT2D eigenvalue weighted by atomic mass is 15.0. The Morgan fingerprint density at radius 1 is 0.268 bits per heavy atom. The lowest BCUT2D eigenvalue weighted by molar-refractivity contribution is 1.15. The number of rotatable bonds is 6. The molecule has 11 rings (SSSR count). The van der Waals surface area contributed by atoms with Gasteiger partial charge in [0.1, 0.15) is 0 Å². The first-order chi connectivity index (χ1) is 27.8. The summed E-state index contributed by atoms with van der Waals surface area (Å²) in [5, 5.41) is 4.85. The molecular weight excluding hydrogens is 681 g/mol. The van der Waals surface area contributed by atoms with E-state index in [0.717, 1.165) is 78.5 Å². The van der Waals surface area contributed by atoms with Crippen LogP contribution < -0.4 is 0 Å². The fourth-order valence-electron chi connectivity index (χ4n) is 8.38. The molecule has 0 aliphatic rings. The first-order valence-corrected chi connectivity index (χ1v) is 19.0. The highest BCUT2D eigenvalue weighted by Crippen LogP contribution is 2.42. The van der Waals surface area contributed by atoms with Crippen LogP contribution in [0.2, 0.25) is 0 Å². The molecule has 0 saturated heterocycles. The molecule has 4 aromatic heterocycles. The molecule has 0 radical (unpaired) electrons. The van der Waals surface area contributed by atoms with Gasteiger partial charge in [-0.05, 0) is 60.7 Å². The highest BCUT2D eigenvalue weighted by molar-refractivity contribution is 6.23. The number of pyridine rings is 2. The summed E-state index contributed by atoms with van der Waals surface area (Å²) < 4.78 is 4.89. The van der Waals surface area contributed by atoms with E-state index in [2.05, 4.69) is 203 Å². The Morgan fingerprint density at radius 2 is 0.625 bits per heavy atom. The first kappa shape index (κ1) is 31.9. The first-order valence-electron chi connectivity index (χ1n) is 19.0. The van der Waals surface area contributed by atoms with E-state index in [0.29, 0.717) is 0 Å². The molecule has 4 heterocycles. The largest absolute Gasteiger partial charge is 0.307 e. The average molecular weight is 715 g/mol. The second-order valence-corrected chi connectivity index (χ2v) is 14.2. The second kappa shape index (κ2) is 13.1. The monoisotopic (exact) mass is 714 g/mol. The van der Waals surface area contributed by atoms with E-state index in [-0.39, 0.29) is 0 Å². The summed E-state index contributed by atoms with van der Waals surface area (Å²) in [5.41, 5.74) is 15.0. The van der Waals surface area contributed by atoms with Gasteiger partial charge < -0.3 is 9.13 Å². The van der Waals surface area contributed by atoms with E-state index in [9.17, 15) is 0 Å². The predicted molar refractivity (Wildman–Crippen MR) is 232 cm³/mol. The van der Waals surface area contributed by atoms with Crippen LogP contribution in [0.25, 0.3) is 100 Å². The van der Waals surface area contributed by atoms with Crippen LogP contribution in [0.5, 0.6) is 0 Å². The standard InChI is InChI=1S/C52H34N4/c1-3-15-35(16-4-1)45-25-13-27-47(53-45)37-19-11-21-39(33-37)55-49-29-9-7-23-41(49)43-31-32-44-42-24-8-10-30-50(42)56(52(44)51(43)55)40-22-12-20-38(34-40)48-28-14-26-46(54-48)36-17-5-2-6-18-36/h1-34H. The van der Waals surface area contributed by atoms with Crippen molar-refractivity contribution in [2.24, 2.45) is 0 Å². The fourth-order valence-corrected chi connectivity index (χ4v) is 8.38. The van der Waals surface area contributed by atoms with Crippen molar-refractivity contribution in [3.05, 3.63) is 206 Å². The second-order valence-electron chi connectivity index (χ2n) is 14.2. The third-order valence-corrected chi connectivity index (χ3v) is 10.9. The van der Waals surface area contributed by atoms with Crippen LogP contribution in [0, 0.1) is 0 Å². The van der Waals surface area contributed by atoms with E-state index < -0.39 is 0 Å². The number of hydrogen-bond acceptors (Lipinski definition) is 2. The average Bonchev–Trinajstić information content (AvgIpc) is 3.80. The predicted octanol–water partition coefficient (Wildman–Crippen LogP) is 13.3. The lowest BCUT2D eigenvalue weighted by atomic mass is 10.1. The van der Waals surface area contributed by atoms with Crippen molar-refractivity contribution in [2.75, 3.05) is 0 Å². The molecule has 0 saturated carbocycles. The van der Waals surface area contributed by atoms with Crippen LogP contribution >= 0.6 is 0 Å². The fraction of sp³-hybridized carbons (Fsp3) is 0. The Hall–Kier alpha value is -7.56. The Morgan fingerprint density at radius 3 is 1.07 bits per heavy atom. The van der Waals surface area contributed by atoms with Crippen LogP contribution in [0.15, 0.2) is 206 Å². The van der Waals surface area contributed by atoms with Gasteiger partial charge in [-0.15, -0.1) is 0 Å². The van der Waals surface area contributed by atoms with Crippen molar-refractivity contribution in [3.8, 4) is 56.4 Å². The summed E-state index contributed by atoms with van der Waals surface area (Å²) in [5.74, 6) is 0. The maximum absolute atomic E-state index is 5.13. The summed E-state index contributed by atoms with van der Waals surface area (Å²) in [6.07, 6.45) is 0. The Balaban J connectivity index is 1.15. The van der Waals surface area contributed by atoms with Gasteiger partial charge in [-0.2, -0.15) is 0 Å². The minimum atomic E-state index is 0.940. The molecular formula is C52H34N4. The zero-order chi connectivity index (χ0) is 37.0. The van der Waals surface area contributed by atoms with Crippen LogP contribution in [0.3, 0.4) is 0 Å². The molecule has 56 heavy (non-hydrogen) atoms. The SMILES string of the molecule is c1ccc(-c2cccc(-c3cccc(-n4c5ccccc5c5ccc6c7ccccc7n(-c7cccc(-c8cccc(-c9ccccc9)n8)c7)c6c54)c3)n2)cc1. The Bertz CT molecular complexity index is 3030. The third kappa shape index (κ3) is 5.23. The van der Waals surface area contributed by atoms with Gasteiger partial charge >= 0.3 is 0 Å². The number of aromatic nitrogens is 4. The summed E-state index contributed by atoms with van der Waals surface area (Å²) in [4.78, 5) is 10.3. The minimum absolute atomic E-state index is 0.940. The van der Waals surface area contributed by atoms with E-state index in [1.807, 2.05) is 12.1 Å². The van der Waals surface area contributed by atoms with Crippen molar-refractivity contribution in [3.63, 3.8) is 0 Å². The van der Waals surface area contributed by atoms with Gasteiger partial charge in [0.25, 0.3) is 0 Å². The molecule has 0 aliphatic carbocycles. The number of hydrogen-bond donors (Lipinski definition) is 0. The molecule has 0 aliphatic heterocycles. The summed E-state index contributed by atoms with van der Waals surface area (Å²) in [6.45, 7) is 0. The van der Waals surface area contributed by atoms with Crippen molar-refractivity contribution in [1.29, 1.82) is 0 Å². The zero-order valence-corrected chi connectivity index (χ0v) is 30.4. The van der Waals surface area contributed by atoms with Gasteiger partial charge in [0.15, 0.2) is 0 Å². The lowest BCUT2D eigenvalue weighted by Gasteiger charge is -2.14. The smallest absolute Gasteiger partial charge is 0.0788 e. The minimum Gasteiger partial charge on any atom is -0.307 e. The van der Waals surface area contributed by atoms with Gasteiger partial charge in [-0.25, -0.2) is 9.97 Å². The zero-order valence-electron chi connectivity index (χ0n) is 30.4. The van der Waals surface area contributed by atoms with E-state index in [1.54, 1.807) is 0 Å². The molecule has 0 spiro atoms. The maximum Gasteiger partial charge on any atom is 0.0788 e. The molecule has 262 valence electrons. The highest BCUT2D eigenvalue weighted by Gasteiger charge is 2.21. The molecule has 0 N–H and O–H groups in total. The number of para-hydroxylation sites is 2. The molecule has 0 bridgehead atoms. The van der Waals surface area contributed by atoms with Gasteiger partial charge in [0.2, 0.25) is 0 Å². The molecule has 0 fully saturated rings. The quantitative estimate of drug-likeness (QED) is 0.172. The van der Waals surface area contributed by atoms with E-state index in [1.165, 1.54) is 21.5 Å². The van der Waals surface area contributed by atoms with Gasteiger partial charge in [-0.3, -0.25) is 0 Å². The lowest BCUT2D eigenvalue weighted by Crippen LogP contribution is -1.99. The Kier molecular flexibility index (Phi) is 7.46. The van der Waals surface area contributed by atoms with Crippen LogP contribution in [0.1, 0.15) is 0 Å². The molecule has 0 atom stereocenters. The molecule has 7 aromatic carbocycles. The van der Waals surface area contributed by atoms with Crippen molar-refractivity contribution >= 4 is 43.6 Å². The van der Waals surface area contributed by atoms with Crippen LogP contribution in [-0.2, 0) is 0 Å². The van der Waals surface area contributed by atoms with Crippen LogP contribution in [0.4, 0.5) is 0 Å². The van der Waals surface area contributed by atoms with Crippen molar-refractivity contribution in [2.45, 2.75) is 0 Å². The molecule has 4 nitrogen and oxygen atoms in total. The van der Waals surface area contributed by atoms with E-state index in [4.69, 9.17) is 9.97 Å². The summed E-state index contributed by atoms with van der Waals surface area (Å²) in [7, 11) is 0. The van der Waals surface area contributed by atoms with Crippen LogP contribution in [-0.4, -0.2) is 19.1 Å². The maximum atomic E-state index is 5.13. The van der Waals surface area contributed by atoms with Gasteiger partial charge in [0, 0.05) is 55.2 Å². The summed E-state index contributed by atoms with van der Waals surface area (Å²) in [6, 6.07) is 73.1. The van der Waals surface area contributed by atoms with Gasteiger partial charge in [0.05, 0.1) is 44.8 Å². The van der Waals surface area contributed by atoms with Crippen molar-refractivity contribution < 1.29 is 0 Å². The Labute approximate surface area is 324 Å². The van der Waals surface area contributed by atoms with E-state index >= 15 is 0 Å². The third-order valence-electron chi connectivity index (χ3n) is 10.9. The topological polar surface area (TPSA) is 35.6 Å². The van der Waals surface area contributed by atoms with Gasteiger partial charge in [-0.1, -0.05) is 146 Å². The number of fused-ring (bicyclic) bond motifs is 7. The molecule has 11 aromatic rings.